The lowest BCUT2D eigenvalue weighted by molar-refractivity contribution is -0.120. The van der Waals surface area contributed by atoms with Gasteiger partial charge in [-0.3, -0.25) is 14.4 Å². The maximum Gasteiger partial charge on any atom is 0.257 e. The van der Waals surface area contributed by atoms with Gasteiger partial charge in [0.2, 0.25) is 5.95 Å². The van der Waals surface area contributed by atoms with E-state index in [2.05, 4.69) is 57.8 Å². The first kappa shape index (κ1) is 38.9. The maximum absolute atomic E-state index is 12.4. The van der Waals surface area contributed by atoms with Crippen molar-refractivity contribution in [2.45, 2.75) is 88.1 Å². The van der Waals surface area contributed by atoms with Crippen molar-refractivity contribution in [2.24, 2.45) is 16.5 Å². The van der Waals surface area contributed by atoms with Crippen LogP contribution in [-0.4, -0.2) is 58.1 Å². The van der Waals surface area contributed by atoms with Gasteiger partial charge in [-0.05, 0) is 74.2 Å². The van der Waals surface area contributed by atoms with E-state index >= 15 is 0 Å². The van der Waals surface area contributed by atoms with Crippen LogP contribution in [-0.2, 0) is 15.1 Å². The lowest BCUT2D eigenvalue weighted by atomic mass is 9.86. The minimum atomic E-state index is -0.588. The molecule has 4 aliphatic rings. The number of hydrogen-bond acceptors (Lipinski definition) is 8. The second-order valence-electron chi connectivity index (χ2n) is 13.8. The molecule has 2 aliphatic carbocycles. The highest BCUT2D eigenvalue weighted by Gasteiger charge is 2.49. The van der Waals surface area contributed by atoms with Gasteiger partial charge in [-0.1, -0.05) is 83.2 Å². The van der Waals surface area contributed by atoms with Crippen LogP contribution in [0.4, 0.5) is 17.3 Å². The number of benzene rings is 2. The number of amides is 2. The number of hydrogen-bond donors (Lipinski definition) is 5. The number of nitrogens with one attached hydrogen (secondary N) is 3. The summed E-state index contributed by atoms with van der Waals surface area (Å²) >= 11 is 6.73. The highest BCUT2D eigenvalue weighted by Crippen LogP contribution is 2.41. The second-order valence-corrected chi connectivity index (χ2v) is 15.7. The molecule has 0 atom stereocenters. The normalized spacial score (nSPS) is 19.2. The summed E-state index contributed by atoms with van der Waals surface area (Å²) in [5, 5.41) is 9.36. The summed E-state index contributed by atoms with van der Waals surface area (Å²) in [5.74, 6) is 0.370. The van der Waals surface area contributed by atoms with E-state index in [0.717, 1.165) is 90.2 Å². The first-order chi connectivity index (χ1) is 24.9. The van der Waals surface area contributed by atoms with Crippen molar-refractivity contribution in [3.63, 3.8) is 0 Å². The molecule has 2 aliphatic heterocycles. The molecule has 1 aromatic heterocycles. The third-order valence-corrected chi connectivity index (χ3v) is 10.7. The molecule has 1 saturated heterocycles. The molecule has 2 spiro atoms. The molecule has 2 aromatic carbocycles. The van der Waals surface area contributed by atoms with Crippen LogP contribution < -0.4 is 27.4 Å². The van der Waals surface area contributed by atoms with E-state index in [1.54, 1.807) is 17.3 Å². The van der Waals surface area contributed by atoms with Crippen molar-refractivity contribution in [1.29, 1.82) is 0 Å². The van der Waals surface area contributed by atoms with E-state index in [1.165, 1.54) is 12.8 Å². The third-order valence-electron chi connectivity index (χ3n) is 9.60. The topological polar surface area (TPSA) is 181 Å². The van der Waals surface area contributed by atoms with Crippen molar-refractivity contribution >= 4 is 72.7 Å². The second kappa shape index (κ2) is 17.5. The lowest BCUT2D eigenvalue weighted by Crippen LogP contribution is -2.45. The molecule has 0 unspecified atom stereocenters. The quantitative estimate of drug-likeness (QED) is 0.0813. The fourth-order valence-corrected chi connectivity index (χ4v) is 7.63. The van der Waals surface area contributed by atoms with E-state index in [0.29, 0.717) is 17.1 Å². The zero-order valence-corrected chi connectivity index (χ0v) is 32.9. The Morgan fingerprint density at radius 3 is 1.85 bits per heavy atom. The Kier molecular flexibility index (Phi) is 13.1. The number of nitrogens with two attached hydrogens (primary N) is 2. The summed E-state index contributed by atoms with van der Waals surface area (Å²) in [4.78, 5) is 51.3. The number of fused-ring (bicyclic) bond motifs is 2. The summed E-state index contributed by atoms with van der Waals surface area (Å²) in [6.45, 7) is 0. The predicted octanol–water partition coefficient (Wildman–Crippen LogP) is 6.85. The number of carbonyl (C=O) groups excluding carboxylic acids is 3. The summed E-state index contributed by atoms with van der Waals surface area (Å²) in [6, 6.07) is 15.3. The summed E-state index contributed by atoms with van der Waals surface area (Å²) in [7, 11) is 3.65. The maximum atomic E-state index is 12.4. The van der Waals surface area contributed by atoms with Crippen LogP contribution >= 0.6 is 31.9 Å². The van der Waals surface area contributed by atoms with Gasteiger partial charge in [0, 0.05) is 41.1 Å². The zero-order valence-electron chi connectivity index (χ0n) is 29.7. The molecule has 52 heavy (non-hydrogen) atoms. The Bertz CT molecular complexity index is 1790. The Hall–Kier alpha value is -4.30. The number of Topliss-reactive ketones (excluding diaryl/α,β-unsaturated/α-hetero) is 1. The largest absolute Gasteiger partial charge is 0.383 e. The van der Waals surface area contributed by atoms with Gasteiger partial charge in [0.1, 0.15) is 11.1 Å². The molecule has 3 heterocycles. The van der Waals surface area contributed by atoms with Crippen LogP contribution in [0.5, 0.6) is 0 Å². The Morgan fingerprint density at radius 2 is 1.31 bits per heavy atom. The Morgan fingerprint density at radius 1 is 0.788 bits per heavy atom. The fraction of sp³-hybridized carbons (Fsp3) is 0.421. The number of aliphatic imine (C=N–C) groups is 1. The molecular weight excluding hydrogens is 790 g/mol. The number of halogens is 2. The van der Waals surface area contributed by atoms with E-state index in [9.17, 15) is 14.4 Å². The number of anilines is 2. The van der Waals surface area contributed by atoms with Crippen LogP contribution in [0.2, 0.25) is 0 Å². The first-order valence-corrected chi connectivity index (χ1v) is 19.3. The molecule has 3 fully saturated rings. The molecule has 2 saturated carbocycles. The van der Waals surface area contributed by atoms with Gasteiger partial charge in [-0.2, -0.15) is 0 Å². The molecule has 7 N–H and O–H groups in total. The summed E-state index contributed by atoms with van der Waals surface area (Å²) < 4.78 is 2.03. The minimum Gasteiger partial charge on any atom is -0.383 e. The van der Waals surface area contributed by atoms with Crippen LogP contribution in [0.25, 0.3) is 0 Å². The van der Waals surface area contributed by atoms with E-state index in [-0.39, 0.29) is 29.1 Å². The molecule has 0 radical (unpaired) electrons. The molecule has 12 nitrogen and oxygen atoms in total. The number of nitrogens with zero attached hydrogens (tertiary/aromatic N) is 4. The van der Waals surface area contributed by atoms with Crippen molar-refractivity contribution in [1.82, 2.24) is 25.5 Å². The molecule has 3 aromatic rings. The monoisotopic (exact) mass is 835 g/mol. The van der Waals surface area contributed by atoms with Gasteiger partial charge in [-0.15, -0.1) is 0 Å². The van der Waals surface area contributed by atoms with Gasteiger partial charge in [-0.25, -0.2) is 15.0 Å². The smallest absolute Gasteiger partial charge is 0.257 e. The molecule has 2 amide bonds. The van der Waals surface area contributed by atoms with Gasteiger partial charge in [0.25, 0.3) is 11.8 Å². The van der Waals surface area contributed by atoms with Crippen molar-refractivity contribution in [3.8, 4) is 0 Å². The van der Waals surface area contributed by atoms with Crippen LogP contribution in [0.3, 0.4) is 0 Å². The van der Waals surface area contributed by atoms with Crippen LogP contribution in [0.1, 0.15) is 93.1 Å². The van der Waals surface area contributed by atoms with E-state index in [1.807, 2.05) is 62.6 Å². The van der Waals surface area contributed by atoms with Gasteiger partial charge in [0.15, 0.2) is 11.7 Å². The zero-order chi connectivity index (χ0) is 37.3. The number of ketones is 1. The standard InChI is InChI=1S/C18H19BrN4O.C13H20N2O2.C7H8BrN3/c19-12-5-7-13(8-6-12)21-17-20-11-14-15(22-17)18(23-16(14)24)9-3-1-2-4-10-18;1-15(2)9-10-11(16)13(14-12(10)17)7-5-3-4-6-8-13;8-5-1-3-6(4-2-5)11-7(9)10/h5-8,11H,1-4,9-10H2,(H,23,24)(H,20,21,22);9H,3-8H2,1-2H3,(H,14,17);1-4H,(H4,9,10,11). The fourth-order valence-electron chi connectivity index (χ4n) is 7.10. The minimum absolute atomic E-state index is 0.00176. The van der Waals surface area contributed by atoms with Crippen molar-refractivity contribution in [3.05, 3.63) is 86.7 Å². The van der Waals surface area contributed by atoms with Crippen LogP contribution in [0.15, 0.2) is 80.4 Å². The Balaban J connectivity index is 0.000000163. The average molecular weight is 838 g/mol. The average Bonchev–Trinajstić information content (AvgIpc) is 3.31. The predicted molar refractivity (Wildman–Crippen MR) is 211 cm³/mol. The Labute approximate surface area is 322 Å². The number of carbonyl (C=O) groups is 3. The van der Waals surface area contributed by atoms with Crippen LogP contribution in [0, 0.1) is 0 Å². The molecule has 0 bridgehead atoms. The van der Waals surface area contributed by atoms with Crippen molar-refractivity contribution < 1.29 is 14.4 Å². The summed E-state index contributed by atoms with van der Waals surface area (Å²) in [6.07, 6.45) is 15.9. The number of aromatic nitrogens is 2. The molecule has 7 rings (SSSR count). The van der Waals surface area contributed by atoms with Gasteiger partial charge < -0.3 is 32.3 Å². The highest BCUT2D eigenvalue weighted by molar-refractivity contribution is 9.10. The summed E-state index contributed by atoms with van der Waals surface area (Å²) in [5.41, 5.74) is 12.9. The van der Waals surface area contributed by atoms with E-state index < -0.39 is 5.54 Å². The van der Waals surface area contributed by atoms with E-state index in [4.69, 9.17) is 16.5 Å². The van der Waals surface area contributed by atoms with Gasteiger partial charge in [0.05, 0.1) is 22.5 Å². The van der Waals surface area contributed by atoms with Crippen molar-refractivity contribution in [2.75, 3.05) is 19.4 Å². The molecular formula is C38H47Br2N9O3. The number of guanidine groups is 1. The third kappa shape index (κ3) is 9.77. The SMILES string of the molecule is CN(C)C=C1C(=O)NC2(CCCCCC2)C1=O.NC(N)=Nc1ccc(Br)cc1.O=C1NC2(CCCCCC2)c2nc(Nc3ccc(Br)cc3)ncc21. The van der Waals surface area contributed by atoms with Gasteiger partial charge >= 0.3 is 0 Å². The molecule has 276 valence electrons. The molecule has 14 heteroatoms. The lowest BCUT2D eigenvalue weighted by Gasteiger charge is -2.28. The first-order valence-electron chi connectivity index (χ1n) is 17.7. The highest BCUT2D eigenvalue weighted by atomic mass is 79.9. The number of rotatable bonds is 4.